The van der Waals surface area contributed by atoms with Crippen molar-refractivity contribution in [3.8, 4) is 56.0 Å². The highest BCUT2D eigenvalue weighted by molar-refractivity contribution is 6.34. The maximum atomic E-state index is 6.19. The van der Waals surface area contributed by atoms with Crippen molar-refractivity contribution in [2.24, 2.45) is 0 Å². The Morgan fingerprint density at radius 3 is 1.12 bits per heavy atom. The van der Waals surface area contributed by atoms with Crippen molar-refractivity contribution in [2.45, 2.75) is 0 Å². The minimum absolute atomic E-state index is 0.892. The lowest BCUT2D eigenvalue weighted by Gasteiger charge is -2.12. The molecule has 0 aliphatic rings. The van der Waals surface area contributed by atoms with Crippen LogP contribution in [0.4, 0.5) is 0 Å². The smallest absolute Gasteiger partial charge is 0.137 e. The van der Waals surface area contributed by atoms with E-state index in [4.69, 9.17) is 29.3 Å². The van der Waals surface area contributed by atoms with E-state index in [1.807, 2.05) is 61.1 Å². The quantitative estimate of drug-likeness (QED) is 0.158. The SMILES string of the molecule is c1ccc(-c2ccc3c(c2)c2c4ccccc4ccc2c2nc4ccccn4c32)nc1.c1ccc2c(-c3ccc(-c4ccc5c(c4)c4c6ccccc6ccc4c4nc6ccccn6c54)nc3)cccc2c1.c1ccc2c(c1)ccc1c3nc4ccccn4c3c3ccc(-c4cc(-c5ccc6c(c5)oc5ccccc56)ccn4)cc3c21. The second-order valence-electron chi connectivity index (χ2n) is 30.0. The largest absolute Gasteiger partial charge is 0.456 e. The summed E-state index contributed by atoms with van der Waals surface area (Å²) in [4.78, 5) is 29.6. The molecule has 0 amide bonds. The fraction of sp³-hybridized carbons (Fsp3) is 0. The molecule has 16 aromatic carbocycles. The summed E-state index contributed by atoms with van der Waals surface area (Å²) in [7, 11) is 0. The molecule has 0 saturated heterocycles. The number of aromatic nitrogens is 9. The first kappa shape index (κ1) is 65.0. The molecule has 0 aliphatic carbocycles. The molecule has 0 radical (unpaired) electrons. The summed E-state index contributed by atoms with van der Waals surface area (Å²) < 4.78 is 12.8. The highest BCUT2D eigenvalue weighted by atomic mass is 16.3. The molecule has 10 aromatic heterocycles. The molecule has 0 fully saturated rings. The fourth-order valence-electron chi connectivity index (χ4n) is 18.4. The van der Waals surface area contributed by atoms with Crippen molar-refractivity contribution in [1.82, 2.24) is 43.1 Å². The van der Waals surface area contributed by atoms with Crippen LogP contribution in [0.25, 0.3) is 236 Å². The summed E-state index contributed by atoms with van der Waals surface area (Å²) in [5, 5.41) is 26.6. The van der Waals surface area contributed by atoms with Gasteiger partial charge < -0.3 is 4.42 Å². The average Bonchev–Trinajstić information content (AvgIpc) is 1.49. The van der Waals surface area contributed by atoms with Crippen LogP contribution in [0.5, 0.6) is 0 Å². The maximum Gasteiger partial charge on any atom is 0.137 e. The number of nitrogens with zero attached hydrogens (tertiary/aromatic N) is 9. The van der Waals surface area contributed by atoms with E-state index in [-0.39, 0.29) is 0 Å². The number of rotatable bonds is 5. The van der Waals surface area contributed by atoms with Gasteiger partial charge in [-0.15, -0.1) is 0 Å². The minimum Gasteiger partial charge on any atom is -0.456 e. The number of imidazole rings is 3. The number of furan rings is 1. The summed E-state index contributed by atoms with van der Waals surface area (Å²) >= 11 is 0. The lowest BCUT2D eigenvalue weighted by atomic mass is 9.93. The van der Waals surface area contributed by atoms with E-state index in [0.29, 0.717) is 0 Å². The van der Waals surface area contributed by atoms with Crippen LogP contribution in [0.2, 0.25) is 0 Å². The van der Waals surface area contributed by atoms with Crippen LogP contribution in [0.1, 0.15) is 0 Å². The van der Waals surface area contributed by atoms with E-state index < -0.39 is 0 Å². The molecule has 0 atom stereocenters. The molecule has 0 spiro atoms. The Morgan fingerprint density at radius 1 is 0.216 bits per heavy atom. The van der Waals surface area contributed by atoms with Gasteiger partial charge in [-0.2, -0.15) is 0 Å². The van der Waals surface area contributed by atoms with E-state index in [2.05, 4.69) is 340 Å². The van der Waals surface area contributed by atoms with E-state index >= 15 is 0 Å². The zero-order valence-electron chi connectivity index (χ0n) is 62.3. The Morgan fingerprint density at radius 2 is 0.612 bits per heavy atom. The third kappa shape index (κ3) is 10.2. The van der Waals surface area contributed by atoms with Crippen LogP contribution < -0.4 is 0 Å². The van der Waals surface area contributed by atoms with Crippen molar-refractivity contribution >= 4 is 180 Å². The Balaban J connectivity index is 0.000000101. The van der Waals surface area contributed by atoms with Gasteiger partial charge in [0, 0.05) is 103 Å². The van der Waals surface area contributed by atoms with E-state index in [1.54, 1.807) is 0 Å². The van der Waals surface area contributed by atoms with Gasteiger partial charge in [0.25, 0.3) is 0 Å². The Labute approximate surface area is 662 Å². The van der Waals surface area contributed by atoms with Crippen molar-refractivity contribution in [2.75, 3.05) is 0 Å². The van der Waals surface area contributed by atoms with Gasteiger partial charge in [0.1, 0.15) is 28.1 Å². The first-order valence-corrected chi connectivity index (χ1v) is 39.2. The lowest BCUT2D eigenvalue weighted by molar-refractivity contribution is 0.669. The molecule has 0 saturated carbocycles. The number of hydrogen-bond donors (Lipinski definition) is 0. The van der Waals surface area contributed by atoms with Crippen LogP contribution in [0.15, 0.2) is 387 Å². The van der Waals surface area contributed by atoms with Gasteiger partial charge in [-0.3, -0.25) is 28.2 Å². The molecule has 0 aliphatic heterocycles. The first-order chi connectivity index (χ1) is 57.5. The van der Waals surface area contributed by atoms with Gasteiger partial charge >= 0.3 is 0 Å². The van der Waals surface area contributed by atoms with Crippen molar-refractivity contribution in [3.63, 3.8) is 0 Å². The molecule has 10 heteroatoms. The van der Waals surface area contributed by atoms with Gasteiger partial charge in [0.15, 0.2) is 0 Å². The Bertz CT molecular complexity index is 8610. The highest BCUT2D eigenvalue weighted by Crippen LogP contribution is 2.46. The third-order valence-corrected chi connectivity index (χ3v) is 23.7. The molecule has 10 nitrogen and oxygen atoms in total. The molecule has 0 unspecified atom stereocenters. The van der Waals surface area contributed by atoms with Gasteiger partial charge in [0.2, 0.25) is 0 Å². The lowest BCUT2D eigenvalue weighted by Crippen LogP contribution is -1.90. The van der Waals surface area contributed by atoms with Gasteiger partial charge in [-0.25, -0.2) is 15.0 Å². The van der Waals surface area contributed by atoms with Crippen LogP contribution in [0, 0.1) is 0 Å². The standard InChI is InChI=1S/C40H23N3O.C38H23N3.C28H17N3/c1-2-8-28-24(7-1)12-17-32-38(28)33-21-27(14-16-31(33)40-39(32)42-37-11-5-6-20-43(37)40)34-22-26(18-19-41-34)25-13-15-30-29-9-3-4-10-35(29)44-36(30)23-25;1-3-11-28-24(8-1)10-7-13-29(28)27-17-20-34(39-23-27)26-16-18-31-33(22-26)36-30-12-4-2-9-25(30)15-19-32(36)37-38(31)41-21-6-5-14-35(41)40-37;1-2-8-20-18(7-1)11-14-22-26(20)23-17-19(24-9-3-5-15-29-24)12-13-21(23)28-27(22)30-25-10-4-6-16-31(25)28/h1-23H;1-23H;1-17H. The highest BCUT2D eigenvalue weighted by Gasteiger charge is 2.23. The molecule has 26 rings (SSSR count). The summed E-state index contributed by atoms with van der Waals surface area (Å²) in [6.45, 7) is 0. The van der Waals surface area contributed by atoms with Crippen molar-refractivity contribution in [3.05, 3.63) is 383 Å². The molecule has 538 valence electrons. The monoisotopic (exact) mass is 1480 g/mol. The van der Waals surface area contributed by atoms with Crippen molar-refractivity contribution < 1.29 is 4.42 Å². The zero-order valence-corrected chi connectivity index (χ0v) is 62.3. The average molecular weight is 1480 g/mol. The summed E-state index contributed by atoms with van der Waals surface area (Å²) in [5.74, 6) is 0. The van der Waals surface area contributed by atoms with Crippen LogP contribution in [0.3, 0.4) is 0 Å². The molecule has 0 bridgehead atoms. The first-order valence-electron chi connectivity index (χ1n) is 39.2. The van der Waals surface area contributed by atoms with E-state index in [0.717, 1.165) is 128 Å². The van der Waals surface area contributed by atoms with Crippen LogP contribution in [-0.4, -0.2) is 43.1 Å². The van der Waals surface area contributed by atoms with E-state index in [9.17, 15) is 0 Å². The topological polar surface area (TPSA) is 104 Å². The second kappa shape index (κ2) is 25.9. The molecular formula is C106H63N9O. The minimum atomic E-state index is 0.892. The molecule has 116 heavy (non-hydrogen) atoms. The van der Waals surface area contributed by atoms with Crippen LogP contribution in [-0.2, 0) is 0 Å². The van der Waals surface area contributed by atoms with Gasteiger partial charge in [-0.05, 0) is 195 Å². The molecule has 10 heterocycles. The van der Waals surface area contributed by atoms with E-state index in [1.165, 1.54) is 108 Å². The molecular weight excluding hydrogens is 1420 g/mol. The van der Waals surface area contributed by atoms with Crippen molar-refractivity contribution in [1.29, 1.82) is 0 Å². The normalized spacial score (nSPS) is 12.0. The number of benzene rings is 16. The number of para-hydroxylation sites is 1. The van der Waals surface area contributed by atoms with Gasteiger partial charge in [0.05, 0.1) is 50.2 Å². The summed E-state index contributed by atoms with van der Waals surface area (Å²) in [6.07, 6.45) is 12.1. The number of fused-ring (bicyclic) bond motifs is 34. The summed E-state index contributed by atoms with van der Waals surface area (Å²) in [6, 6.07) is 122. The Kier molecular flexibility index (Phi) is 14.5. The van der Waals surface area contributed by atoms with Crippen LogP contribution >= 0.6 is 0 Å². The predicted octanol–water partition coefficient (Wildman–Crippen LogP) is 27.4. The molecule has 0 N–H and O–H groups in total. The zero-order chi connectivity index (χ0) is 76.1. The van der Waals surface area contributed by atoms with Gasteiger partial charge in [-0.1, -0.05) is 243 Å². The second-order valence-corrected chi connectivity index (χ2v) is 30.0. The summed E-state index contributed by atoms with van der Waals surface area (Å²) in [5.41, 5.74) is 21.9. The third-order valence-electron chi connectivity index (χ3n) is 23.7. The fourth-order valence-corrected chi connectivity index (χ4v) is 18.4. The Hall–Kier alpha value is -15.8. The number of pyridine rings is 6. The maximum absolute atomic E-state index is 6.19. The predicted molar refractivity (Wildman–Crippen MR) is 481 cm³/mol. The number of hydrogen-bond acceptors (Lipinski definition) is 7. The molecule has 26 aromatic rings.